The minimum absolute atomic E-state index is 0.180. The first-order valence-electron chi connectivity index (χ1n) is 10.8. The second kappa shape index (κ2) is 7.84. The molecule has 1 aliphatic carbocycles. The number of halogens is 1. The average molecular weight is 411 g/mol. The first-order valence-corrected chi connectivity index (χ1v) is 14.3. The largest absolute Gasteiger partial charge is 0.167 e. The maximum absolute atomic E-state index is 7.35. The van der Waals surface area contributed by atoms with Crippen LogP contribution in [-0.2, 0) is 5.41 Å². The normalized spacial score (nSPS) is 17.0. The van der Waals surface area contributed by atoms with Crippen LogP contribution in [0.4, 0.5) is 0 Å². The highest BCUT2D eigenvalue weighted by atomic mass is 35.6. The molecule has 1 atom stereocenters. The molecule has 0 aromatic heterocycles. The van der Waals surface area contributed by atoms with Gasteiger partial charge in [-0.2, -0.15) is 11.1 Å². The van der Waals surface area contributed by atoms with E-state index in [0.29, 0.717) is 11.5 Å². The molecule has 0 saturated carbocycles. The Morgan fingerprint density at radius 1 is 0.964 bits per heavy atom. The van der Waals surface area contributed by atoms with Crippen molar-refractivity contribution in [2.75, 3.05) is 0 Å². The molecule has 2 aromatic rings. The lowest BCUT2D eigenvalue weighted by Gasteiger charge is -2.33. The van der Waals surface area contributed by atoms with Crippen LogP contribution in [0.25, 0.3) is 17.2 Å². The molecule has 3 rings (SSSR count). The molecular formula is C26H35ClSi. The second-order valence-electron chi connectivity index (χ2n) is 9.61. The van der Waals surface area contributed by atoms with Crippen molar-refractivity contribution < 1.29 is 0 Å². The zero-order valence-electron chi connectivity index (χ0n) is 18.6. The lowest BCUT2D eigenvalue weighted by atomic mass is 9.86. The molecule has 0 bridgehead atoms. The van der Waals surface area contributed by atoms with Crippen LogP contribution in [0.15, 0.2) is 48.0 Å². The second-order valence-corrected chi connectivity index (χ2v) is 15.9. The third-order valence-corrected chi connectivity index (χ3v) is 12.8. The highest BCUT2D eigenvalue weighted by Gasteiger charge is 2.44. The molecule has 0 aliphatic heterocycles. The van der Waals surface area contributed by atoms with Gasteiger partial charge in [0, 0.05) is 5.54 Å². The van der Waals surface area contributed by atoms with Crippen molar-refractivity contribution in [1.82, 2.24) is 0 Å². The number of fused-ring (bicyclic) bond motifs is 1. The lowest BCUT2D eigenvalue weighted by molar-refractivity contribution is 0.590. The summed E-state index contributed by atoms with van der Waals surface area (Å²) in [5.74, 6) is 0.525. The topological polar surface area (TPSA) is 0 Å². The smallest absolute Gasteiger partial charge is 0.166 e. The van der Waals surface area contributed by atoms with Crippen LogP contribution in [0.1, 0.15) is 70.7 Å². The molecule has 0 radical (unpaired) electrons. The van der Waals surface area contributed by atoms with E-state index in [0.717, 1.165) is 12.1 Å². The molecular weight excluding hydrogens is 376 g/mol. The Kier molecular flexibility index (Phi) is 5.99. The number of hydrogen-bond donors (Lipinski definition) is 0. The molecule has 0 N–H and O–H groups in total. The molecule has 28 heavy (non-hydrogen) atoms. The molecule has 0 heterocycles. The van der Waals surface area contributed by atoms with Crippen molar-refractivity contribution >= 4 is 24.5 Å². The summed E-state index contributed by atoms with van der Waals surface area (Å²) in [5, 5.41) is 0. The summed E-state index contributed by atoms with van der Waals surface area (Å²) in [4.78, 5) is 0. The number of hydrogen-bond acceptors (Lipinski definition) is 0. The average Bonchev–Trinajstić information content (AvgIpc) is 3.07. The van der Waals surface area contributed by atoms with E-state index in [9.17, 15) is 0 Å². The summed E-state index contributed by atoms with van der Waals surface area (Å²) in [5.41, 5.74) is 9.06. The van der Waals surface area contributed by atoms with Crippen LogP contribution in [0.5, 0.6) is 0 Å². The number of benzene rings is 2. The summed E-state index contributed by atoms with van der Waals surface area (Å²) in [6, 6.07) is 18.2. The van der Waals surface area contributed by atoms with Gasteiger partial charge in [-0.3, -0.25) is 0 Å². The molecule has 150 valence electrons. The van der Waals surface area contributed by atoms with Crippen molar-refractivity contribution in [1.29, 1.82) is 0 Å². The number of allylic oxidation sites excluding steroid dienone is 1. The molecule has 0 fully saturated rings. The summed E-state index contributed by atoms with van der Waals surface area (Å²) in [7, 11) is -1.90. The van der Waals surface area contributed by atoms with Crippen LogP contribution in [0.3, 0.4) is 0 Å². The van der Waals surface area contributed by atoms with Crippen LogP contribution in [0.2, 0.25) is 12.1 Å². The van der Waals surface area contributed by atoms with E-state index in [1.807, 2.05) is 0 Å². The van der Waals surface area contributed by atoms with Gasteiger partial charge in [0.2, 0.25) is 0 Å². The molecule has 0 saturated heterocycles. The minimum Gasteiger partial charge on any atom is -0.166 e. The van der Waals surface area contributed by atoms with Gasteiger partial charge in [-0.15, -0.1) is 0 Å². The highest BCUT2D eigenvalue weighted by Crippen LogP contribution is 2.51. The molecule has 0 nitrogen and oxygen atoms in total. The number of rotatable bonds is 5. The van der Waals surface area contributed by atoms with Crippen LogP contribution in [0, 0.1) is 5.92 Å². The van der Waals surface area contributed by atoms with Crippen LogP contribution < -0.4 is 0 Å². The lowest BCUT2D eigenvalue weighted by Crippen LogP contribution is -2.35. The maximum atomic E-state index is 7.35. The quantitative estimate of drug-likeness (QED) is 0.342. The summed E-state index contributed by atoms with van der Waals surface area (Å²) in [6.07, 6.45) is 2.47. The summed E-state index contributed by atoms with van der Waals surface area (Å²) in [6.45, 7) is 16.0. The Labute approximate surface area is 177 Å². The standard InChI is InChI=1S/C26H35ClSi/c1-8-28(27,9-2)25-22-12-10-11-21(24(22)17-23(25)18(3)4)19-13-15-20(16-14-19)26(5,6)7/h10-18,25H,8-9H2,1-7H3. The molecule has 2 aromatic carbocycles. The monoisotopic (exact) mass is 410 g/mol. The SMILES string of the molecule is CC[Si](Cl)(CC)C1C(C(C)C)=Cc2c(-c3ccc(C(C)(C)C)cc3)cccc21. The van der Waals surface area contributed by atoms with E-state index in [2.05, 4.69) is 97.0 Å². The third kappa shape index (κ3) is 3.76. The molecule has 2 heteroatoms. The Bertz CT molecular complexity index is 864. The van der Waals surface area contributed by atoms with E-state index in [-0.39, 0.29) is 5.41 Å². The van der Waals surface area contributed by atoms with Crippen molar-refractivity contribution in [3.8, 4) is 11.1 Å². The molecule has 0 spiro atoms. The van der Waals surface area contributed by atoms with Gasteiger partial charge in [-0.05, 0) is 51.2 Å². The highest BCUT2D eigenvalue weighted by molar-refractivity contribution is 7.21. The molecule has 1 unspecified atom stereocenters. The van der Waals surface area contributed by atoms with Gasteiger partial charge in [-0.25, -0.2) is 0 Å². The van der Waals surface area contributed by atoms with Crippen molar-refractivity contribution in [3.63, 3.8) is 0 Å². The van der Waals surface area contributed by atoms with Gasteiger partial charge in [0.15, 0.2) is 7.38 Å². The summed E-state index contributed by atoms with van der Waals surface area (Å²) < 4.78 is 0. The molecule has 0 amide bonds. The van der Waals surface area contributed by atoms with Gasteiger partial charge in [0.05, 0.1) is 0 Å². The van der Waals surface area contributed by atoms with Gasteiger partial charge < -0.3 is 0 Å². The van der Waals surface area contributed by atoms with Gasteiger partial charge >= 0.3 is 0 Å². The van der Waals surface area contributed by atoms with Gasteiger partial charge in [0.25, 0.3) is 0 Å². The zero-order valence-corrected chi connectivity index (χ0v) is 20.3. The summed E-state index contributed by atoms with van der Waals surface area (Å²) >= 11 is 7.35. The Balaban J connectivity index is 2.14. The van der Waals surface area contributed by atoms with Gasteiger partial charge in [-0.1, -0.05) is 103 Å². The van der Waals surface area contributed by atoms with E-state index in [4.69, 9.17) is 11.1 Å². The minimum atomic E-state index is -1.90. The first kappa shape index (κ1) is 21.4. The van der Waals surface area contributed by atoms with E-state index in [1.165, 1.54) is 27.8 Å². The molecule has 1 aliphatic rings. The zero-order chi connectivity index (χ0) is 20.7. The van der Waals surface area contributed by atoms with Gasteiger partial charge in [0.1, 0.15) is 0 Å². The predicted molar refractivity (Wildman–Crippen MR) is 129 cm³/mol. The Morgan fingerprint density at radius 2 is 1.57 bits per heavy atom. The van der Waals surface area contributed by atoms with Crippen LogP contribution in [-0.4, -0.2) is 7.38 Å². The first-order chi connectivity index (χ1) is 13.1. The fraction of sp³-hybridized carbons (Fsp3) is 0.462. The third-order valence-electron chi connectivity index (χ3n) is 6.52. The van der Waals surface area contributed by atoms with Crippen molar-refractivity contribution in [3.05, 3.63) is 64.7 Å². The van der Waals surface area contributed by atoms with Crippen molar-refractivity contribution in [2.45, 2.75) is 71.5 Å². The van der Waals surface area contributed by atoms with E-state index >= 15 is 0 Å². The Hall–Kier alpha value is -1.31. The predicted octanol–water partition coefficient (Wildman–Crippen LogP) is 8.55. The van der Waals surface area contributed by atoms with Crippen LogP contribution >= 0.6 is 11.1 Å². The van der Waals surface area contributed by atoms with E-state index in [1.54, 1.807) is 5.57 Å². The van der Waals surface area contributed by atoms with Crippen molar-refractivity contribution in [2.24, 2.45) is 5.92 Å². The maximum Gasteiger partial charge on any atom is 0.167 e. The fourth-order valence-corrected chi connectivity index (χ4v) is 8.43. The Morgan fingerprint density at radius 3 is 2.07 bits per heavy atom. The fourth-order valence-electron chi connectivity index (χ4n) is 4.56. The van der Waals surface area contributed by atoms with E-state index < -0.39 is 7.38 Å².